The van der Waals surface area contributed by atoms with Crippen molar-refractivity contribution < 1.29 is 18.7 Å². The van der Waals surface area contributed by atoms with Crippen molar-refractivity contribution in [2.75, 3.05) is 13.1 Å². The number of hydrogen-bond donors (Lipinski definition) is 1. The Hall–Kier alpha value is -2.83. The van der Waals surface area contributed by atoms with Gasteiger partial charge in [-0.2, -0.15) is 0 Å². The van der Waals surface area contributed by atoms with Gasteiger partial charge in [0.2, 0.25) is 5.91 Å². The van der Waals surface area contributed by atoms with Crippen LogP contribution in [0, 0.1) is 12.3 Å². The van der Waals surface area contributed by atoms with E-state index in [2.05, 4.69) is 24.1 Å². The Morgan fingerprint density at radius 2 is 1.94 bits per heavy atom. The first kappa shape index (κ1) is 23.8. The fourth-order valence-electron chi connectivity index (χ4n) is 4.01. The summed E-state index contributed by atoms with van der Waals surface area (Å²) in [6.07, 6.45) is 1.13. The van der Waals surface area contributed by atoms with Crippen LogP contribution in [0.2, 0.25) is 0 Å². The lowest BCUT2D eigenvalue weighted by molar-refractivity contribution is -0.123. The molecule has 1 aromatic carbocycles. The van der Waals surface area contributed by atoms with E-state index in [0.29, 0.717) is 38.2 Å². The number of nitrogens with zero attached hydrogens (tertiary/aromatic N) is 2. The van der Waals surface area contributed by atoms with E-state index >= 15 is 0 Å². The number of amides is 2. The van der Waals surface area contributed by atoms with Gasteiger partial charge in [0.15, 0.2) is 11.7 Å². The summed E-state index contributed by atoms with van der Waals surface area (Å²) in [7, 11) is 0. The van der Waals surface area contributed by atoms with E-state index in [9.17, 15) is 9.59 Å². The second kappa shape index (κ2) is 9.35. The molecule has 0 bridgehead atoms. The summed E-state index contributed by atoms with van der Waals surface area (Å²) >= 11 is 0. The highest BCUT2D eigenvalue weighted by Gasteiger charge is 2.39. The average Bonchev–Trinajstić information content (AvgIpc) is 3.07. The Bertz CT molecular complexity index is 944. The molecule has 174 valence electrons. The molecule has 1 aliphatic rings. The quantitative estimate of drug-likeness (QED) is 0.725. The molecule has 32 heavy (non-hydrogen) atoms. The molecule has 0 unspecified atom stereocenters. The lowest BCUT2D eigenvalue weighted by Crippen LogP contribution is -2.57. The molecule has 2 heterocycles. The molecule has 1 N–H and O–H groups in total. The minimum atomic E-state index is -0.523. The van der Waals surface area contributed by atoms with Gasteiger partial charge in [0.1, 0.15) is 5.60 Å². The van der Waals surface area contributed by atoms with Crippen LogP contribution in [0.3, 0.4) is 0 Å². The van der Waals surface area contributed by atoms with Crippen LogP contribution >= 0.6 is 0 Å². The summed E-state index contributed by atoms with van der Waals surface area (Å²) in [6.45, 7) is 12.7. The highest BCUT2D eigenvalue weighted by Crippen LogP contribution is 2.30. The normalized spacial score (nSPS) is 18.3. The molecular formula is C25H35N3O4. The second-order valence-corrected chi connectivity index (χ2v) is 10.2. The molecule has 1 saturated heterocycles. The molecular weight excluding hydrogens is 406 g/mol. The molecule has 7 nitrogen and oxygen atoms in total. The Balaban J connectivity index is 1.53. The van der Waals surface area contributed by atoms with Gasteiger partial charge in [0, 0.05) is 43.0 Å². The third kappa shape index (κ3) is 6.11. The van der Waals surface area contributed by atoms with Gasteiger partial charge in [0.05, 0.1) is 5.69 Å². The molecule has 0 saturated carbocycles. The van der Waals surface area contributed by atoms with Crippen LogP contribution in [0.25, 0.3) is 11.3 Å². The van der Waals surface area contributed by atoms with E-state index in [1.54, 1.807) is 4.90 Å². The van der Waals surface area contributed by atoms with Crippen molar-refractivity contribution in [3.63, 3.8) is 0 Å². The molecule has 0 aliphatic carbocycles. The van der Waals surface area contributed by atoms with Crippen molar-refractivity contribution in [1.29, 1.82) is 0 Å². The zero-order chi connectivity index (χ0) is 23.5. The van der Waals surface area contributed by atoms with Gasteiger partial charge in [-0.3, -0.25) is 4.79 Å². The first-order valence-electron chi connectivity index (χ1n) is 11.2. The lowest BCUT2D eigenvalue weighted by Gasteiger charge is -2.44. The first-order valence-corrected chi connectivity index (χ1v) is 11.2. The number of ether oxygens (including phenoxy) is 1. The largest absolute Gasteiger partial charge is 0.444 e. The molecule has 1 aliphatic heterocycles. The van der Waals surface area contributed by atoms with Crippen molar-refractivity contribution >= 4 is 12.0 Å². The molecule has 1 aromatic heterocycles. The number of carbonyl (C=O) groups excluding carboxylic acids is 2. The topological polar surface area (TPSA) is 84.7 Å². The monoisotopic (exact) mass is 441 g/mol. The van der Waals surface area contributed by atoms with Crippen molar-refractivity contribution in [3.05, 3.63) is 41.9 Å². The van der Waals surface area contributed by atoms with E-state index in [1.165, 1.54) is 0 Å². The van der Waals surface area contributed by atoms with E-state index in [-0.39, 0.29) is 23.5 Å². The Labute approximate surface area is 190 Å². The summed E-state index contributed by atoms with van der Waals surface area (Å²) < 4.78 is 11.4. The third-order valence-electron chi connectivity index (χ3n) is 5.66. The number of carbonyl (C=O) groups is 2. The number of piperidine rings is 1. The van der Waals surface area contributed by atoms with Gasteiger partial charge >= 0.3 is 6.09 Å². The van der Waals surface area contributed by atoms with Crippen LogP contribution in [0.5, 0.6) is 0 Å². The summed E-state index contributed by atoms with van der Waals surface area (Å²) in [5, 5.41) is 3.15. The minimum Gasteiger partial charge on any atom is -0.444 e. The number of rotatable bonds is 5. The van der Waals surface area contributed by atoms with Crippen molar-refractivity contribution in [2.45, 2.75) is 72.4 Å². The summed E-state index contributed by atoms with van der Waals surface area (Å²) in [5.41, 5.74) is 1.02. The fourth-order valence-corrected chi connectivity index (χ4v) is 4.01. The predicted octanol–water partition coefficient (Wildman–Crippen LogP) is 4.73. The zero-order valence-electron chi connectivity index (χ0n) is 20.0. The lowest BCUT2D eigenvalue weighted by atomic mass is 9.79. The minimum absolute atomic E-state index is 0.0140. The van der Waals surface area contributed by atoms with E-state index in [0.717, 1.165) is 17.0 Å². The van der Waals surface area contributed by atoms with Crippen LogP contribution in [0.4, 0.5) is 4.79 Å². The SMILES string of the molecule is Cc1nc(CCC(=O)N[C@@H]2CCN(C(=O)OC(C)(C)C)CC2(C)C)oc1-c1ccccc1. The predicted molar refractivity (Wildman–Crippen MR) is 123 cm³/mol. The van der Waals surface area contributed by atoms with Crippen molar-refractivity contribution in [2.24, 2.45) is 5.41 Å². The number of nitrogens with one attached hydrogen (secondary N) is 1. The van der Waals surface area contributed by atoms with Crippen molar-refractivity contribution in [1.82, 2.24) is 15.2 Å². The molecule has 3 rings (SSSR count). The Kier molecular flexibility index (Phi) is 6.96. The zero-order valence-corrected chi connectivity index (χ0v) is 20.0. The van der Waals surface area contributed by atoms with E-state index in [4.69, 9.17) is 9.15 Å². The van der Waals surface area contributed by atoms with Crippen molar-refractivity contribution in [3.8, 4) is 11.3 Å². The van der Waals surface area contributed by atoms with Gasteiger partial charge in [-0.15, -0.1) is 0 Å². The van der Waals surface area contributed by atoms with Gasteiger partial charge in [-0.1, -0.05) is 44.2 Å². The van der Waals surface area contributed by atoms with Crippen LogP contribution < -0.4 is 5.32 Å². The molecule has 2 aromatic rings. The second-order valence-electron chi connectivity index (χ2n) is 10.2. The van der Waals surface area contributed by atoms with Crippen LogP contribution in [0.15, 0.2) is 34.7 Å². The molecule has 0 radical (unpaired) electrons. The van der Waals surface area contributed by atoms with Gasteiger partial charge in [0.25, 0.3) is 0 Å². The standard InChI is InChI=1S/C25H35N3O4/c1-17-22(18-10-8-7-9-11-18)31-21(26-17)13-12-20(29)27-19-14-15-28(16-25(19,5)6)23(30)32-24(2,3)4/h7-11,19H,12-16H2,1-6H3,(H,27,29)/t19-/m1/s1. The van der Waals surface area contributed by atoms with Crippen LogP contribution in [-0.4, -0.2) is 46.6 Å². The summed E-state index contributed by atoms with van der Waals surface area (Å²) in [5.74, 6) is 1.28. The van der Waals surface area contributed by atoms with Crippen LogP contribution in [-0.2, 0) is 16.0 Å². The number of likely N-dealkylation sites (tertiary alicyclic amines) is 1. The van der Waals surface area contributed by atoms with E-state index < -0.39 is 5.60 Å². The molecule has 2 amide bonds. The molecule has 1 fully saturated rings. The highest BCUT2D eigenvalue weighted by molar-refractivity contribution is 5.76. The first-order chi connectivity index (χ1) is 14.9. The maximum absolute atomic E-state index is 12.7. The number of aryl methyl sites for hydroxylation is 2. The number of aromatic nitrogens is 1. The number of hydrogen-bond acceptors (Lipinski definition) is 5. The molecule has 7 heteroatoms. The van der Waals surface area contributed by atoms with E-state index in [1.807, 2.05) is 58.0 Å². The summed E-state index contributed by atoms with van der Waals surface area (Å²) in [4.78, 5) is 31.3. The Morgan fingerprint density at radius 3 is 2.56 bits per heavy atom. The smallest absolute Gasteiger partial charge is 0.410 e. The van der Waals surface area contributed by atoms with Crippen LogP contribution in [0.1, 0.15) is 59.0 Å². The van der Waals surface area contributed by atoms with Gasteiger partial charge in [-0.25, -0.2) is 9.78 Å². The van der Waals surface area contributed by atoms with Gasteiger partial charge in [-0.05, 0) is 34.1 Å². The fraction of sp³-hybridized carbons (Fsp3) is 0.560. The molecule has 1 atom stereocenters. The number of benzene rings is 1. The summed E-state index contributed by atoms with van der Waals surface area (Å²) in [6, 6.07) is 9.83. The Morgan fingerprint density at radius 1 is 1.25 bits per heavy atom. The number of oxazole rings is 1. The third-order valence-corrected chi connectivity index (χ3v) is 5.66. The molecule has 0 spiro atoms. The maximum Gasteiger partial charge on any atom is 0.410 e. The average molecular weight is 442 g/mol. The highest BCUT2D eigenvalue weighted by atomic mass is 16.6. The van der Waals surface area contributed by atoms with Gasteiger partial charge < -0.3 is 19.4 Å². The maximum atomic E-state index is 12.7.